The third-order valence-corrected chi connectivity index (χ3v) is 3.86. The van der Waals surface area contributed by atoms with E-state index in [1.807, 2.05) is 4.72 Å². The molecule has 1 aromatic heterocycles. The van der Waals surface area contributed by atoms with Crippen molar-refractivity contribution in [2.45, 2.75) is 31.3 Å². The van der Waals surface area contributed by atoms with Gasteiger partial charge in [-0.25, -0.2) is 22.6 Å². The van der Waals surface area contributed by atoms with Crippen LogP contribution in [0.1, 0.15) is 20.8 Å². The molecule has 0 saturated carbocycles. The molecule has 0 aliphatic carbocycles. The Labute approximate surface area is 129 Å². The summed E-state index contributed by atoms with van der Waals surface area (Å²) in [5.41, 5.74) is -0.0648. The highest BCUT2D eigenvalue weighted by molar-refractivity contribution is 7.90. The molecule has 0 aliphatic heterocycles. The van der Waals surface area contributed by atoms with Gasteiger partial charge in [-0.1, -0.05) is 0 Å². The summed E-state index contributed by atoms with van der Waals surface area (Å²) < 4.78 is 32.6. The zero-order valence-corrected chi connectivity index (χ0v) is 13.3. The molecule has 0 unspecified atom stereocenters. The number of nitrogens with zero attached hydrogens (tertiary/aromatic N) is 2. The van der Waals surface area contributed by atoms with E-state index in [2.05, 4.69) is 5.10 Å². The monoisotopic (exact) mass is 323 g/mol. The average Bonchev–Trinajstić information content (AvgIpc) is 2.89. The maximum atomic E-state index is 12.1. The molecule has 22 heavy (non-hydrogen) atoms. The van der Waals surface area contributed by atoms with Gasteiger partial charge in [0, 0.05) is 12.4 Å². The summed E-state index contributed by atoms with van der Waals surface area (Å²) in [6.45, 7) is 4.95. The van der Waals surface area contributed by atoms with Crippen molar-refractivity contribution in [2.24, 2.45) is 0 Å². The van der Waals surface area contributed by atoms with Crippen LogP contribution in [0.15, 0.2) is 47.6 Å². The Morgan fingerprint density at radius 3 is 2.36 bits per heavy atom. The van der Waals surface area contributed by atoms with Gasteiger partial charge < -0.3 is 4.74 Å². The van der Waals surface area contributed by atoms with Crippen LogP contribution in [-0.2, 0) is 14.8 Å². The van der Waals surface area contributed by atoms with Gasteiger partial charge in [-0.2, -0.15) is 5.10 Å². The second-order valence-electron chi connectivity index (χ2n) is 5.55. The molecule has 2 aromatic rings. The van der Waals surface area contributed by atoms with E-state index in [1.165, 1.54) is 12.1 Å². The minimum Gasteiger partial charge on any atom is -0.443 e. The molecule has 1 aromatic carbocycles. The van der Waals surface area contributed by atoms with Crippen LogP contribution in [0, 0.1) is 0 Å². The number of nitrogens with one attached hydrogen (secondary N) is 1. The Morgan fingerprint density at radius 1 is 1.23 bits per heavy atom. The second-order valence-corrected chi connectivity index (χ2v) is 7.23. The number of benzene rings is 1. The predicted octanol–water partition coefficient (Wildman–Crippen LogP) is 2.09. The molecule has 8 heteroatoms. The molecule has 0 aliphatic rings. The first-order valence-electron chi connectivity index (χ1n) is 6.53. The van der Waals surface area contributed by atoms with Crippen LogP contribution < -0.4 is 4.72 Å². The Balaban J connectivity index is 2.15. The molecular formula is C14H17N3O4S. The van der Waals surface area contributed by atoms with E-state index in [0.29, 0.717) is 5.69 Å². The van der Waals surface area contributed by atoms with Crippen LogP contribution in [-0.4, -0.2) is 29.9 Å². The summed E-state index contributed by atoms with van der Waals surface area (Å²) in [4.78, 5) is 11.5. The number of aromatic nitrogens is 2. The van der Waals surface area contributed by atoms with E-state index in [0.717, 1.165) is 0 Å². The number of carbonyl (C=O) groups is 1. The first kappa shape index (κ1) is 16.0. The fraction of sp³-hybridized carbons (Fsp3) is 0.286. The smallest absolute Gasteiger partial charge is 0.421 e. The van der Waals surface area contributed by atoms with Crippen molar-refractivity contribution in [2.75, 3.05) is 0 Å². The van der Waals surface area contributed by atoms with Gasteiger partial charge in [-0.05, 0) is 51.1 Å². The van der Waals surface area contributed by atoms with Crippen LogP contribution in [0.2, 0.25) is 0 Å². The van der Waals surface area contributed by atoms with Gasteiger partial charge in [-0.15, -0.1) is 0 Å². The van der Waals surface area contributed by atoms with E-state index >= 15 is 0 Å². The van der Waals surface area contributed by atoms with Crippen molar-refractivity contribution < 1.29 is 17.9 Å². The highest BCUT2D eigenvalue weighted by atomic mass is 32.2. The molecule has 1 N–H and O–H groups in total. The third-order valence-electron chi connectivity index (χ3n) is 2.53. The van der Waals surface area contributed by atoms with Crippen molar-refractivity contribution in [1.29, 1.82) is 0 Å². The molecule has 118 valence electrons. The maximum absolute atomic E-state index is 12.1. The quantitative estimate of drug-likeness (QED) is 0.934. The predicted molar refractivity (Wildman–Crippen MR) is 80.1 cm³/mol. The number of carbonyl (C=O) groups excluding carboxylic acids is 1. The molecule has 0 bridgehead atoms. The van der Waals surface area contributed by atoms with Crippen molar-refractivity contribution in [3.8, 4) is 5.69 Å². The van der Waals surface area contributed by atoms with Gasteiger partial charge in [-0.3, -0.25) is 0 Å². The number of sulfonamides is 1. The lowest BCUT2D eigenvalue weighted by atomic mass is 10.2. The number of hydrogen-bond donors (Lipinski definition) is 1. The first-order chi connectivity index (χ1) is 10.2. The molecular weight excluding hydrogens is 306 g/mol. The number of ether oxygens (including phenoxy) is 1. The van der Waals surface area contributed by atoms with Crippen molar-refractivity contribution >= 4 is 16.1 Å². The second kappa shape index (κ2) is 5.80. The largest absolute Gasteiger partial charge is 0.443 e. The van der Waals surface area contributed by atoms with E-state index < -0.39 is 21.7 Å². The van der Waals surface area contributed by atoms with Gasteiger partial charge in [0.05, 0.1) is 10.6 Å². The summed E-state index contributed by atoms with van der Waals surface area (Å²) >= 11 is 0. The van der Waals surface area contributed by atoms with E-state index in [4.69, 9.17) is 4.74 Å². The first-order valence-corrected chi connectivity index (χ1v) is 8.02. The highest BCUT2D eigenvalue weighted by Crippen LogP contribution is 2.14. The minimum absolute atomic E-state index is 0.0331. The summed E-state index contributed by atoms with van der Waals surface area (Å²) in [6.07, 6.45) is 2.35. The van der Waals surface area contributed by atoms with Gasteiger partial charge in [0.15, 0.2) is 0 Å². The SMILES string of the molecule is CC(C)(C)OC(=O)NS(=O)(=O)c1ccc(-n2cccn2)cc1. The van der Waals surface area contributed by atoms with Gasteiger partial charge in [0.1, 0.15) is 5.60 Å². The summed E-state index contributed by atoms with van der Waals surface area (Å²) in [6, 6.07) is 7.73. The maximum Gasteiger partial charge on any atom is 0.421 e. The zero-order chi connectivity index (χ0) is 16.4. The summed E-state index contributed by atoms with van der Waals surface area (Å²) in [5.74, 6) is 0. The topological polar surface area (TPSA) is 90.3 Å². The molecule has 2 rings (SSSR count). The normalized spacial score (nSPS) is 12.0. The Kier molecular flexibility index (Phi) is 4.23. The average molecular weight is 323 g/mol. The van der Waals surface area contributed by atoms with Crippen molar-refractivity contribution in [1.82, 2.24) is 14.5 Å². The van der Waals surface area contributed by atoms with Gasteiger partial charge in [0.25, 0.3) is 10.0 Å². The Bertz CT molecular complexity index is 744. The van der Waals surface area contributed by atoms with Crippen LogP contribution in [0.3, 0.4) is 0 Å². The molecule has 0 radical (unpaired) electrons. The lowest BCUT2D eigenvalue weighted by Gasteiger charge is -2.19. The molecule has 0 atom stereocenters. The highest BCUT2D eigenvalue weighted by Gasteiger charge is 2.22. The fourth-order valence-electron chi connectivity index (χ4n) is 1.67. The summed E-state index contributed by atoms with van der Waals surface area (Å²) in [7, 11) is -3.97. The molecule has 1 amide bonds. The minimum atomic E-state index is -3.97. The number of hydrogen-bond acceptors (Lipinski definition) is 5. The third kappa shape index (κ3) is 4.08. The van der Waals surface area contributed by atoms with Crippen LogP contribution >= 0.6 is 0 Å². The van der Waals surface area contributed by atoms with Crippen LogP contribution in [0.4, 0.5) is 4.79 Å². The Hall–Kier alpha value is -2.35. The van der Waals surface area contributed by atoms with E-state index in [9.17, 15) is 13.2 Å². The van der Waals surface area contributed by atoms with Gasteiger partial charge >= 0.3 is 6.09 Å². The molecule has 1 heterocycles. The van der Waals surface area contributed by atoms with Crippen LogP contribution in [0.25, 0.3) is 5.69 Å². The molecule has 0 spiro atoms. The van der Waals surface area contributed by atoms with Crippen LogP contribution in [0.5, 0.6) is 0 Å². The zero-order valence-electron chi connectivity index (χ0n) is 12.5. The lowest BCUT2D eigenvalue weighted by Crippen LogP contribution is -2.36. The Morgan fingerprint density at radius 2 is 1.86 bits per heavy atom. The van der Waals surface area contributed by atoms with E-state index in [-0.39, 0.29) is 4.90 Å². The van der Waals surface area contributed by atoms with Gasteiger partial charge in [0.2, 0.25) is 0 Å². The fourth-order valence-corrected chi connectivity index (χ4v) is 2.54. The molecule has 0 saturated heterocycles. The van der Waals surface area contributed by atoms with Crippen molar-refractivity contribution in [3.05, 3.63) is 42.7 Å². The number of amides is 1. The van der Waals surface area contributed by atoms with Crippen molar-refractivity contribution in [3.63, 3.8) is 0 Å². The summed E-state index contributed by atoms with van der Waals surface area (Å²) in [5, 5.41) is 4.04. The van der Waals surface area contributed by atoms with E-state index in [1.54, 1.807) is 56.0 Å². The lowest BCUT2D eigenvalue weighted by molar-refractivity contribution is 0.0570. The molecule has 7 nitrogen and oxygen atoms in total. The molecule has 0 fully saturated rings. The standard InChI is InChI=1S/C14H17N3O4S/c1-14(2,3)21-13(18)16-22(19,20)12-7-5-11(6-8-12)17-10-4-9-15-17/h4-10H,1-3H3,(H,16,18). The number of rotatable bonds is 3.